The van der Waals surface area contributed by atoms with Crippen molar-refractivity contribution in [3.05, 3.63) is 0 Å². The minimum absolute atomic E-state index is 0.832. The quantitative estimate of drug-likeness (QED) is 0.397. The van der Waals surface area contributed by atoms with Crippen molar-refractivity contribution >= 4 is 11.8 Å². The second kappa shape index (κ2) is 3.17. The first-order valence-corrected chi connectivity index (χ1v) is 2.32. The van der Waals surface area contributed by atoms with Gasteiger partial charge in [-0.15, -0.1) is 0 Å². The van der Waals surface area contributed by atoms with Crippen LogP contribution in [0.25, 0.3) is 0 Å². The van der Waals surface area contributed by atoms with E-state index in [1.54, 1.807) is 0 Å². The fraction of sp³-hybridized carbons (Fsp3) is 0.600. The van der Waals surface area contributed by atoms with E-state index in [-0.39, 0.29) is 0 Å². The predicted octanol–water partition coefficient (Wildman–Crippen LogP) is 0.0865. The average molecular weight is 134 g/mol. The summed E-state index contributed by atoms with van der Waals surface area (Å²) in [5.74, 6) is -1.97. The second-order valence-corrected chi connectivity index (χ2v) is 1.50. The van der Waals surface area contributed by atoms with Gasteiger partial charge in [-0.05, 0) is 6.92 Å². The number of carbonyl (C=O) groups is 2. The topological polar surface area (TPSA) is 43.4 Å². The Morgan fingerprint density at radius 1 is 1.56 bits per heavy atom. The monoisotopic (exact) mass is 134 g/mol. The van der Waals surface area contributed by atoms with E-state index in [4.69, 9.17) is 0 Å². The molecule has 0 rings (SSSR count). The highest BCUT2D eigenvalue weighted by Crippen LogP contribution is 1.93. The zero-order chi connectivity index (χ0) is 7.44. The number of rotatable bonds is 2. The van der Waals surface area contributed by atoms with Crippen molar-refractivity contribution in [2.24, 2.45) is 0 Å². The number of alkyl halides is 1. The van der Waals surface area contributed by atoms with Crippen LogP contribution in [-0.4, -0.2) is 25.0 Å². The Labute approximate surface area is 51.8 Å². The van der Waals surface area contributed by atoms with Gasteiger partial charge in [0.15, 0.2) is 5.78 Å². The Balaban J connectivity index is 3.88. The van der Waals surface area contributed by atoms with Crippen LogP contribution in [0.4, 0.5) is 4.39 Å². The first kappa shape index (κ1) is 8.07. The molecule has 0 aliphatic carbocycles. The summed E-state index contributed by atoms with van der Waals surface area (Å²) >= 11 is 0. The Morgan fingerprint density at radius 2 is 2.00 bits per heavy atom. The summed E-state index contributed by atoms with van der Waals surface area (Å²) < 4.78 is 16.0. The summed E-state index contributed by atoms with van der Waals surface area (Å²) in [7, 11) is 1.03. The number of halogens is 1. The molecule has 0 saturated heterocycles. The van der Waals surface area contributed by atoms with Gasteiger partial charge in [0.2, 0.25) is 0 Å². The van der Waals surface area contributed by atoms with Crippen molar-refractivity contribution in [3.63, 3.8) is 0 Å². The highest BCUT2D eigenvalue weighted by atomic mass is 19.1. The van der Waals surface area contributed by atoms with Crippen LogP contribution in [0.5, 0.6) is 0 Å². The molecule has 4 heteroatoms. The number of methoxy groups -OCH3 is 1. The maximum atomic E-state index is 12.1. The third kappa shape index (κ3) is 2.21. The minimum Gasteiger partial charge on any atom is -0.467 e. The van der Waals surface area contributed by atoms with E-state index in [9.17, 15) is 14.0 Å². The number of ether oxygens (including phenoxy) is 1. The summed E-state index contributed by atoms with van der Waals surface area (Å²) in [5.41, 5.74) is 0. The Hall–Kier alpha value is -0.930. The Morgan fingerprint density at radius 3 is 2.11 bits per heavy atom. The number of ketones is 1. The van der Waals surface area contributed by atoms with Crippen LogP contribution in [0.1, 0.15) is 6.92 Å². The molecule has 0 fully saturated rings. The van der Waals surface area contributed by atoms with Crippen LogP contribution < -0.4 is 0 Å². The maximum absolute atomic E-state index is 12.1. The molecule has 0 saturated carbocycles. The molecule has 0 radical (unpaired) electrons. The van der Waals surface area contributed by atoms with Gasteiger partial charge in [-0.3, -0.25) is 4.79 Å². The number of esters is 1. The van der Waals surface area contributed by atoms with Crippen LogP contribution in [0.2, 0.25) is 0 Å². The molecule has 0 N–H and O–H groups in total. The Bertz CT molecular complexity index is 132. The summed E-state index contributed by atoms with van der Waals surface area (Å²) in [4.78, 5) is 20.2. The van der Waals surface area contributed by atoms with Crippen LogP contribution in [-0.2, 0) is 14.3 Å². The first-order valence-electron chi connectivity index (χ1n) is 2.32. The lowest BCUT2D eigenvalue weighted by atomic mass is 10.3. The molecule has 0 bridgehead atoms. The van der Waals surface area contributed by atoms with Crippen LogP contribution >= 0.6 is 0 Å². The third-order valence-electron chi connectivity index (χ3n) is 0.765. The molecule has 0 aromatic carbocycles. The first-order chi connectivity index (χ1) is 4.09. The van der Waals surface area contributed by atoms with Gasteiger partial charge in [-0.25, -0.2) is 9.18 Å². The van der Waals surface area contributed by atoms with Crippen LogP contribution in [0.3, 0.4) is 0 Å². The summed E-state index contributed by atoms with van der Waals surface area (Å²) in [6, 6.07) is 0. The smallest absolute Gasteiger partial charge is 0.348 e. The Kier molecular flexibility index (Phi) is 2.84. The van der Waals surface area contributed by atoms with Gasteiger partial charge in [0, 0.05) is 0 Å². The highest BCUT2D eigenvalue weighted by molar-refractivity contribution is 6.00. The predicted molar refractivity (Wildman–Crippen MR) is 27.6 cm³/mol. The molecule has 52 valence electrons. The molecule has 0 aliphatic rings. The van der Waals surface area contributed by atoms with Gasteiger partial charge in [0.25, 0.3) is 6.17 Å². The molecule has 0 heterocycles. The van der Waals surface area contributed by atoms with Crippen molar-refractivity contribution in [3.8, 4) is 0 Å². The molecule has 1 atom stereocenters. The second-order valence-electron chi connectivity index (χ2n) is 1.50. The van der Waals surface area contributed by atoms with E-state index < -0.39 is 17.9 Å². The van der Waals surface area contributed by atoms with E-state index in [1.807, 2.05) is 0 Å². The number of carbonyl (C=O) groups excluding carboxylic acids is 2. The molecule has 3 nitrogen and oxygen atoms in total. The molecule has 0 amide bonds. The average Bonchev–Trinajstić information content (AvgIpc) is 1.84. The normalized spacial score (nSPS) is 12.3. The van der Waals surface area contributed by atoms with Crippen molar-refractivity contribution < 1.29 is 18.7 Å². The molecule has 9 heavy (non-hydrogen) atoms. The fourth-order valence-electron chi connectivity index (χ4n) is 0.269. The van der Waals surface area contributed by atoms with E-state index in [1.165, 1.54) is 0 Å². The number of hydrogen-bond donors (Lipinski definition) is 0. The van der Waals surface area contributed by atoms with Crippen molar-refractivity contribution in [1.29, 1.82) is 0 Å². The molecular formula is C5H7FO3. The van der Waals surface area contributed by atoms with E-state index in [2.05, 4.69) is 4.74 Å². The molecule has 0 unspecified atom stereocenters. The lowest BCUT2D eigenvalue weighted by Crippen LogP contribution is -2.24. The maximum Gasteiger partial charge on any atom is 0.348 e. The summed E-state index contributed by atoms with van der Waals surface area (Å²) in [6.45, 7) is 0.988. The minimum atomic E-state index is -2.12. The molecule has 0 spiro atoms. The lowest BCUT2D eigenvalue weighted by Gasteiger charge is -1.98. The summed E-state index contributed by atoms with van der Waals surface area (Å²) in [6.07, 6.45) is -2.12. The standard InChI is InChI=1S/C5H7FO3/c1-3(7)4(6)5(8)9-2/h4H,1-2H3/t4-/m0/s1. The molecule has 0 aromatic heterocycles. The number of hydrogen-bond acceptors (Lipinski definition) is 3. The van der Waals surface area contributed by atoms with Crippen molar-refractivity contribution in [2.75, 3.05) is 7.11 Å². The van der Waals surface area contributed by atoms with Gasteiger partial charge in [0.05, 0.1) is 7.11 Å². The van der Waals surface area contributed by atoms with Crippen molar-refractivity contribution in [1.82, 2.24) is 0 Å². The number of Topliss-reactive ketones (excluding diaryl/α,β-unsaturated/α-hetero) is 1. The zero-order valence-electron chi connectivity index (χ0n) is 5.18. The summed E-state index contributed by atoms with van der Waals surface area (Å²) in [5, 5.41) is 0. The largest absolute Gasteiger partial charge is 0.467 e. The molecule has 0 aromatic rings. The SMILES string of the molecule is COC(=O)[C@@H](F)C(C)=O. The molecule has 0 aliphatic heterocycles. The van der Waals surface area contributed by atoms with Crippen LogP contribution in [0.15, 0.2) is 0 Å². The van der Waals surface area contributed by atoms with E-state index >= 15 is 0 Å². The fourth-order valence-corrected chi connectivity index (χ4v) is 0.269. The van der Waals surface area contributed by atoms with Crippen molar-refractivity contribution in [2.45, 2.75) is 13.1 Å². The van der Waals surface area contributed by atoms with Gasteiger partial charge < -0.3 is 4.74 Å². The van der Waals surface area contributed by atoms with Crippen LogP contribution in [0, 0.1) is 0 Å². The van der Waals surface area contributed by atoms with E-state index in [0.29, 0.717) is 0 Å². The van der Waals surface area contributed by atoms with Gasteiger partial charge >= 0.3 is 5.97 Å². The highest BCUT2D eigenvalue weighted by Gasteiger charge is 2.22. The van der Waals surface area contributed by atoms with Gasteiger partial charge in [0.1, 0.15) is 0 Å². The van der Waals surface area contributed by atoms with Gasteiger partial charge in [-0.2, -0.15) is 0 Å². The van der Waals surface area contributed by atoms with E-state index in [0.717, 1.165) is 14.0 Å². The van der Waals surface area contributed by atoms with Gasteiger partial charge in [-0.1, -0.05) is 0 Å². The third-order valence-corrected chi connectivity index (χ3v) is 0.765. The zero-order valence-corrected chi connectivity index (χ0v) is 5.18. The lowest BCUT2D eigenvalue weighted by molar-refractivity contribution is -0.150. The molecular weight excluding hydrogens is 127 g/mol.